The number of carbonyl (C=O) groups excluding carboxylic acids is 1. The molecule has 1 heterocycles. The van der Waals surface area contributed by atoms with E-state index in [-0.39, 0.29) is 12.1 Å². The molecule has 104 valence electrons. The number of hydrogen-bond donors (Lipinski definition) is 3. The Morgan fingerprint density at radius 2 is 2.26 bits per heavy atom. The lowest BCUT2D eigenvalue weighted by Gasteiger charge is -2.31. The molecule has 1 aromatic rings. The van der Waals surface area contributed by atoms with E-state index in [0.717, 1.165) is 12.1 Å². The van der Waals surface area contributed by atoms with Crippen molar-refractivity contribution in [2.24, 2.45) is 0 Å². The van der Waals surface area contributed by atoms with Gasteiger partial charge in [0.05, 0.1) is 12.0 Å². The Labute approximate surface area is 119 Å². The summed E-state index contributed by atoms with van der Waals surface area (Å²) in [7, 11) is 0. The van der Waals surface area contributed by atoms with Gasteiger partial charge in [0.15, 0.2) is 0 Å². The van der Waals surface area contributed by atoms with Crippen molar-refractivity contribution in [3.8, 4) is 0 Å². The molecule has 0 radical (unpaired) electrons. The first kappa shape index (κ1) is 14.4. The van der Waals surface area contributed by atoms with E-state index < -0.39 is 5.41 Å². The van der Waals surface area contributed by atoms with E-state index >= 15 is 0 Å². The molecule has 1 fully saturated rings. The smallest absolute Gasteiger partial charge is 0.233 e. The molecular formula is C14H20N2O2S. The molecular weight excluding hydrogens is 260 g/mol. The quantitative estimate of drug-likeness (QED) is 0.719. The number of amides is 1. The van der Waals surface area contributed by atoms with Gasteiger partial charge in [-0.25, -0.2) is 0 Å². The minimum atomic E-state index is -0.648. The zero-order valence-electron chi connectivity index (χ0n) is 11.1. The maximum atomic E-state index is 12.5. The number of morpholine rings is 1. The highest BCUT2D eigenvalue weighted by molar-refractivity contribution is 7.80. The van der Waals surface area contributed by atoms with Crippen LogP contribution in [0, 0.1) is 0 Å². The zero-order valence-corrected chi connectivity index (χ0v) is 12.0. The van der Waals surface area contributed by atoms with Gasteiger partial charge in [-0.1, -0.05) is 30.3 Å². The Bertz CT molecular complexity index is 421. The fraction of sp³-hybridized carbons (Fsp3) is 0.500. The maximum absolute atomic E-state index is 12.5. The summed E-state index contributed by atoms with van der Waals surface area (Å²) in [6.45, 7) is 3.99. The Hall–Kier alpha value is -1.04. The van der Waals surface area contributed by atoms with Gasteiger partial charge >= 0.3 is 0 Å². The highest BCUT2D eigenvalue weighted by atomic mass is 32.1. The molecule has 2 atom stereocenters. The fourth-order valence-corrected chi connectivity index (χ4v) is 2.39. The second-order valence-electron chi connectivity index (χ2n) is 4.89. The molecule has 1 aliphatic rings. The lowest BCUT2D eigenvalue weighted by Crippen LogP contribution is -2.54. The number of benzene rings is 1. The van der Waals surface area contributed by atoms with Crippen LogP contribution in [0.5, 0.6) is 0 Å². The number of carbonyl (C=O) groups is 1. The van der Waals surface area contributed by atoms with Crippen LogP contribution in [0.15, 0.2) is 30.3 Å². The summed E-state index contributed by atoms with van der Waals surface area (Å²) in [5.74, 6) is 0.394. The van der Waals surface area contributed by atoms with E-state index in [1.807, 2.05) is 37.3 Å². The first-order valence-corrected chi connectivity index (χ1v) is 7.10. The van der Waals surface area contributed by atoms with Crippen LogP contribution >= 0.6 is 12.6 Å². The predicted molar refractivity (Wildman–Crippen MR) is 78.4 cm³/mol. The number of rotatable bonds is 4. The number of nitrogens with one attached hydrogen (secondary N) is 2. The van der Waals surface area contributed by atoms with Gasteiger partial charge < -0.3 is 15.4 Å². The van der Waals surface area contributed by atoms with E-state index in [0.29, 0.717) is 18.9 Å². The lowest BCUT2D eigenvalue weighted by molar-refractivity contribution is -0.130. The minimum Gasteiger partial charge on any atom is -0.356 e. The van der Waals surface area contributed by atoms with Crippen LogP contribution in [0.4, 0.5) is 0 Å². The summed E-state index contributed by atoms with van der Waals surface area (Å²) >= 11 is 4.35. The standard InChI is InChI=1S/C14H20N2O2S/c1-14(10-19,11-5-3-2-4-6-11)13(17)16-12-9-15-7-8-18-12/h2-6,12,15,19H,7-10H2,1H3,(H,16,17). The molecule has 1 aromatic carbocycles. The Morgan fingerprint density at radius 1 is 1.53 bits per heavy atom. The second-order valence-corrected chi connectivity index (χ2v) is 5.21. The summed E-state index contributed by atoms with van der Waals surface area (Å²) in [6, 6.07) is 9.71. The molecule has 0 aliphatic carbocycles. The third kappa shape index (κ3) is 3.29. The van der Waals surface area contributed by atoms with E-state index in [2.05, 4.69) is 23.3 Å². The van der Waals surface area contributed by atoms with Crippen molar-refractivity contribution in [1.29, 1.82) is 0 Å². The molecule has 1 aliphatic heterocycles. The monoisotopic (exact) mass is 280 g/mol. The van der Waals surface area contributed by atoms with Crippen molar-refractivity contribution in [2.45, 2.75) is 18.6 Å². The molecule has 5 heteroatoms. The summed E-state index contributed by atoms with van der Waals surface area (Å²) in [5.41, 5.74) is 0.316. The summed E-state index contributed by atoms with van der Waals surface area (Å²) in [5, 5.41) is 6.13. The van der Waals surface area contributed by atoms with Crippen LogP contribution in [-0.4, -0.2) is 37.6 Å². The van der Waals surface area contributed by atoms with Gasteiger partial charge in [0.2, 0.25) is 5.91 Å². The highest BCUT2D eigenvalue weighted by Gasteiger charge is 2.35. The van der Waals surface area contributed by atoms with Gasteiger partial charge in [0, 0.05) is 18.8 Å². The minimum absolute atomic E-state index is 0.0533. The molecule has 4 nitrogen and oxygen atoms in total. The zero-order chi connectivity index (χ0) is 13.7. The fourth-order valence-electron chi connectivity index (χ4n) is 2.06. The van der Waals surface area contributed by atoms with Crippen LogP contribution in [0.2, 0.25) is 0 Å². The van der Waals surface area contributed by atoms with E-state index in [9.17, 15) is 4.79 Å². The SMILES string of the molecule is CC(CS)(C(=O)NC1CNCCO1)c1ccccc1. The predicted octanol–water partition coefficient (Wildman–Crippen LogP) is 0.936. The van der Waals surface area contributed by atoms with Gasteiger partial charge in [0.25, 0.3) is 0 Å². The molecule has 2 unspecified atom stereocenters. The Morgan fingerprint density at radius 3 is 2.84 bits per heavy atom. The molecule has 1 saturated heterocycles. The Kier molecular flexibility index (Phi) is 4.85. The third-order valence-corrected chi connectivity index (χ3v) is 4.08. The van der Waals surface area contributed by atoms with Crippen molar-refractivity contribution < 1.29 is 9.53 Å². The van der Waals surface area contributed by atoms with Crippen LogP contribution in [0.3, 0.4) is 0 Å². The van der Waals surface area contributed by atoms with Crippen molar-refractivity contribution in [2.75, 3.05) is 25.4 Å². The lowest BCUT2D eigenvalue weighted by atomic mass is 9.83. The average molecular weight is 280 g/mol. The molecule has 0 bridgehead atoms. The molecule has 0 saturated carbocycles. The van der Waals surface area contributed by atoms with Gasteiger partial charge in [-0.15, -0.1) is 0 Å². The van der Waals surface area contributed by atoms with Crippen LogP contribution in [0.1, 0.15) is 12.5 Å². The first-order valence-electron chi connectivity index (χ1n) is 6.46. The van der Waals surface area contributed by atoms with E-state index in [4.69, 9.17) is 4.74 Å². The number of hydrogen-bond acceptors (Lipinski definition) is 4. The second kappa shape index (κ2) is 6.41. The van der Waals surface area contributed by atoms with Crippen LogP contribution in [0.25, 0.3) is 0 Å². The molecule has 1 amide bonds. The largest absolute Gasteiger partial charge is 0.356 e. The van der Waals surface area contributed by atoms with Gasteiger partial charge in [-0.2, -0.15) is 12.6 Å². The van der Waals surface area contributed by atoms with Crippen molar-refractivity contribution in [3.63, 3.8) is 0 Å². The maximum Gasteiger partial charge on any atom is 0.233 e. The number of thiol groups is 1. The van der Waals surface area contributed by atoms with E-state index in [1.165, 1.54) is 0 Å². The normalized spacial score (nSPS) is 22.5. The summed E-state index contributed by atoms with van der Waals surface area (Å²) in [4.78, 5) is 12.5. The number of ether oxygens (including phenoxy) is 1. The Balaban J connectivity index is 2.09. The molecule has 0 spiro atoms. The van der Waals surface area contributed by atoms with Crippen molar-refractivity contribution >= 4 is 18.5 Å². The topological polar surface area (TPSA) is 50.4 Å². The summed E-state index contributed by atoms with van der Waals surface area (Å²) < 4.78 is 5.50. The van der Waals surface area contributed by atoms with Crippen molar-refractivity contribution in [1.82, 2.24) is 10.6 Å². The molecule has 2 N–H and O–H groups in total. The highest BCUT2D eigenvalue weighted by Crippen LogP contribution is 2.25. The average Bonchev–Trinajstić information content (AvgIpc) is 2.48. The van der Waals surface area contributed by atoms with Gasteiger partial charge in [-0.3, -0.25) is 4.79 Å². The first-order chi connectivity index (χ1) is 9.16. The van der Waals surface area contributed by atoms with Crippen LogP contribution < -0.4 is 10.6 Å². The van der Waals surface area contributed by atoms with Gasteiger partial charge in [0.1, 0.15) is 6.23 Å². The summed E-state index contributed by atoms with van der Waals surface area (Å²) in [6.07, 6.45) is -0.260. The van der Waals surface area contributed by atoms with E-state index in [1.54, 1.807) is 0 Å². The molecule has 2 rings (SSSR count). The van der Waals surface area contributed by atoms with Crippen molar-refractivity contribution in [3.05, 3.63) is 35.9 Å². The molecule has 0 aromatic heterocycles. The van der Waals surface area contributed by atoms with Gasteiger partial charge in [-0.05, 0) is 12.5 Å². The third-order valence-electron chi connectivity index (χ3n) is 3.45. The van der Waals surface area contributed by atoms with Crippen LogP contribution in [-0.2, 0) is 14.9 Å². The molecule has 19 heavy (non-hydrogen) atoms.